The van der Waals surface area contributed by atoms with Crippen molar-refractivity contribution in [3.05, 3.63) is 51.9 Å². The van der Waals surface area contributed by atoms with Crippen LogP contribution in [0.3, 0.4) is 0 Å². The number of halogens is 3. The highest BCUT2D eigenvalue weighted by Crippen LogP contribution is 2.43. The molecule has 2 aromatic heterocycles. The molecule has 174 valence electrons. The number of nitrogens with zero attached hydrogens (tertiary/aromatic N) is 4. The fourth-order valence-electron chi connectivity index (χ4n) is 4.41. The van der Waals surface area contributed by atoms with E-state index in [0.29, 0.717) is 33.9 Å². The third-order valence-electron chi connectivity index (χ3n) is 6.06. The van der Waals surface area contributed by atoms with Crippen LogP contribution in [-0.2, 0) is 0 Å². The number of aryl methyl sites for hydroxylation is 1. The fraction of sp³-hybridized carbons (Fsp3) is 0.435. The number of hydrogen-bond acceptors (Lipinski definition) is 5. The van der Waals surface area contributed by atoms with Gasteiger partial charge in [-0.1, -0.05) is 6.07 Å². The van der Waals surface area contributed by atoms with E-state index in [1.807, 2.05) is 0 Å². The van der Waals surface area contributed by atoms with E-state index in [9.17, 15) is 23.2 Å². The highest BCUT2D eigenvalue weighted by atomic mass is 19.4. The molecule has 3 aromatic rings. The van der Waals surface area contributed by atoms with Crippen molar-refractivity contribution in [1.29, 1.82) is 5.26 Å². The van der Waals surface area contributed by atoms with Crippen LogP contribution >= 0.6 is 0 Å². The number of nitrogens with one attached hydrogen (secondary N) is 2. The molecule has 0 spiro atoms. The van der Waals surface area contributed by atoms with E-state index in [1.165, 1.54) is 20.2 Å². The first-order valence-corrected chi connectivity index (χ1v) is 10.7. The van der Waals surface area contributed by atoms with Crippen molar-refractivity contribution in [2.75, 3.05) is 19.4 Å². The molecule has 4 rings (SSSR count). The second-order valence-electron chi connectivity index (χ2n) is 8.73. The minimum absolute atomic E-state index is 0.133. The van der Waals surface area contributed by atoms with Gasteiger partial charge in [-0.2, -0.15) is 23.5 Å². The summed E-state index contributed by atoms with van der Waals surface area (Å²) in [5.74, 6) is 0.648. The molecule has 0 radical (unpaired) electrons. The van der Waals surface area contributed by atoms with Gasteiger partial charge in [-0.15, -0.1) is 0 Å². The average molecular weight is 458 g/mol. The molecule has 1 aliphatic rings. The molecule has 7 nitrogen and oxygen atoms in total. The normalized spacial score (nSPS) is 16.1. The third-order valence-corrected chi connectivity index (χ3v) is 6.06. The molecule has 10 heteroatoms. The Morgan fingerprint density at radius 1 is 1.33 bits per heavy atom. The van der Waals surface area contributed by atoms with Crippen LogP contribution in [0.4, 0.5) is 24.7 Å². The monoisotopic (exact) mass is 458 g/mol. The molecule has 2 N–H and O–H groups in total. The number of H-pyrrole nitrogens is 1. The zero-order chi connectivity index (χ0) is 23.9. The smallest absolute Gasteiger partial charge is 0.338 e. The van der Waals surface area contributed by atoms with Gasteiger partial charge >= 0.3 is 6.18 Å². The Labute approximate surface area is 188 Å². The van der Waals surface area contributed by atoms with E-state index >= 15 is 0 Å². The lowest BCUT2D eigenvalue weighted by Gasteiger charge is -2.28. The van der Waals surface area contributed by atoms with Gasteiger partial charge in [0.15, 0.2) is 5.82 Å². The number of rotatable bonds is 7. The Balaban J connectivity index is 1.73. The second kappa shape index (κ2) is 8.56. The highest BCUT2D eigenvalue weighted by molar-refractivity contribution is 5.91. The van der Waals surface area contributed by atoms with Gasteiger partial charge in [0.1, 0.15) is 11.4 Å². The van der Waals surface area contributed by atoms with Gasteiger partial charge in [0.2, 0.25) is 0 Å². The fourth-order valence-corrected chi connectivity index (χ4v) is 4.41. The molecule has 2 atom stereocenters. The molecule has 1 fully saturated rings. The molecular formula is C23H25F3N6O. The zero-order valence-electron chi connectivity index (χ0n) is 18.6. The second-order valence-corrected chi connectivity index (χ2v) is 8.73. The molecule has 1 saturated carbocycles. The van der Waals surface area contributed by atoms with Crippen LogP contribution in [0.1, 0.15) is 42.5 Å². The first-order valence-electron chi connectivity index (χ1n) is 10.7. The van der Waals surface area contributed by atoms with E-state index in [2.05, 4.69) is 21.5 Å². The number of aromatic nitrogens is 3. The summed E-state index contributed by atoms with van der Waals surface area (Å²) in [6.07, 6.45) is -0.575. The molecule has 33 heavy (non-hydrogen) atoms. The first kappa shape index (κ1) is 22.9. The highest BCUT2D eigenvalue weighted by Gasteiger charge is 2.43. The Kier molecular flexibility index (Phi) is 5.93. The van der Waals surface area contributed by atoms with Gasteiger partial charge in [0.05, 0.1) is 24.0 Å². The van der Waals surface area contributed by atoms with E-state index in [-0.39, 0.29) is 23.6 Å². The first-order chi connectivity index (χ1) is 15.6. The van der Waals surface area contributed by atoms with E-state index < -0.39 is 12.2 Å². The minimum Gasteiger partial charge on any atom is -0.338 e. The lowest BCUT2D eigenvalue weighted by molar-refractivity contribution is -0.179. The summed E-state index contributed by atoms with van der Waals surface area (Å²) in [5, 5.41) is 17.4. The summed E-state index contributed by atoms with van der Waals surface area (Å²) < 4.78 is 42.5. The van der Waals surface area contributed by atoms with Crippen LogP contribution in [0.25, 0.3) is 10.9 Å². The van der Waals surface area contributed by atoms with Gasteiger partial charge in [-0.25, -0.2) is 0 Å². The number of aromatic amines is 1. The maximum Gasteiger partial charge on any atom is 0.408 e. The average Bonchev–Trinajstić information content (AvgIpc) is 3.49. The standard InChI is InChI=1S/C23H25F3N6O/c1-13-12-15(6-7-16(13)20(31(2)3)23(24,25)26)29-21-19-18(9-11-28-22(19)33)32(30-21)17(8-10-27)14-4-5-14/h6-7,9,11-12,14,17,20H,4-5,8H2,1-3H3,(H,28,33)(H,29,30)/t17-,20?/m0/s1. The Hall–Kier alpha value is -3.32. The number of anilines is 2. The van der Waals surface area contributed by atoms with Gasteiger partial charge in [-0.3, -0.25) is 14.4 Å². The van der Waals surface area contributed by atoms with Crippen molar-refractivity contribution in [2.45, 2.75) is 44.4 Å². The van der Waals surface area contributed by atoms with E-state index in [0.717, 1.165) is 17.7 Å². The Morgan fingerprint density at radius 2 is 2.06 bits per heavy atom. The number of nitriles is 1. The Morgan fingerprint density at radius 3 is 2.64 bits per heavy atom. The third kappa shape index (κ3) is 4.46. The predicted molar refractivity (Wildman–Crippen MR) is 119 cm³/mol. The summed E-state index contributed by atoms with van der Waals surface area (Å²) in [7, 11) is 2.79. The predicted octanol–water partition coefficient (Wildman–Crippen LogP) is 4.81. The summed E-state index contributed by atoms with van der Waals surface area (Å²) >= 11 is 0. The van der Waals surface area contributed by atoms with Crippen LogP contribution in [0.15, 0.2) is 35.3 Å². The van der Waals surface area contributed by atoms with Gasteiger partial charge in [-0.05, 0) is 69.1 Å². The number of alkyl halides is 3. The number of hydrogen-bond donors (Lipinski definition) is 2. The minimum atomic E-state index is -4.41. The van der Waals surface area contributed by atoms with Crippen LogP contribution in [0.5, 0.6) is 0 Å². The molecule has 1 unspecified atom stereocenters. The molecular weight excluding hydrogens is 433 g/mol. The maximum atomic E-state index is 13.6. The van der Waals surface area contributed by atoms with Crippen molar-refractivity contribution < 1.29 is 13.2 Å². The number of fused-ring (bicyclic) bond motifs is 1. The largest absolute Gasteiger partial charge is 0.408 e. The summed E-state index contributed by atoms with van der Waals surface area (Å²) in [5.41, 5.74) is 1.44. The van der Waals surface area contributed by atoms with Gasteiger partial charge in [0, 0.05) is 11.9 Å². The maximum absolute atomic E-state index is 13.6. The van der Waals surface area contributed by atoms with Gasteiger partial charge in [0.25, 0.3) is 5.56 Å². The number of benzene rings is 1. The van der Waals surface area contributed by atoms with Crippen LogP contribution < -0.4 is 10.9 Å². The van der Waals surface area contributed by atoms with Crippen LogP contribution in [0, 0.1) is 24.2 Å². The lowest BCUT2D eigenvalue weighted by Crippen LogP contribution is -2.33. The molecule has 1 aromatic carbocycles. The summed E-state index contributed by atoms with van der Waals surface area (Å²) in [4.78, 5) is 16.4. The van der Waals surface area contributed by atoms with Gasteiger partial charge < -0.3 is 10.3 Å². The quantitative estimate of drug-likeness (QED) is 0.531. The molecule has 0 bridgehead atoms. The van der Waals surface area contributed by atoms with Crippen LogP contribution in [-0.4, -0.2) is 39.9 Å². The van der Waals surface area contributed by atoms with E-state index in [1.54, 1.807) is 36.0 Å². The van der Waals surface area contributed by atoms with Crippen molar-refractivity contribution in [3.8, 4) is 6.07 Å². The number of pyridine rings is 1. The summed E-state index contributed by atoms with van der Waals surface area (Å²) in [6, 6.07) is 6.72. The van der Waals surface area contributed by atoms with Crippen molar-refractivity contribution in [3.63, 3.8) is 0 Å². The van der Waals surface area contributed by atoms with Crippen molar-refractivity contribution in [1.82, 2.24) is 19.7 Å². The Bertz CT molecular complexity index is 1270. The van der Waals surface area contributed by atoms with E-state index in [4.69, 9.17) is 0 Å². The lowest BCUT2D eigenvalue weighted by atomic mass is 9.99. The SMILES string of the molecule is Cc1cc(Nc2nn([C@@H](CC#N)C3CC3)c3cc[nH]c(=O)c23)ccc1C(N(C)C)C(F)(F)F. The molecule has 0 amide bonds. The molecule has 2 heterocycles. The molecule has 1 aliphatic carbocycles. The van der Waals surface area contributed by atoms with Crippen LogP contribution in [0.2, 0.25) is 0 Å². The van der Waals surface area contributed by atoms with Crippen molar-refractivity contribution >= 4 is 22.4 Å². The molecule has 0 saturated heterocycles. The molecule has 0 aliphatic heterocycles. The summed E-state index contributed by atoms with van der Waals surface area (Å²) in [6.45, 7) is 1.63. The zero-order valence-corrected chi connectivity index (χ0v) is 18.6. The van der Waals surface area contributed by atoms with Crippen molar-refractivity contribution in [2.24, 2.45) is 5.92 Å². The topological polar surface area (TPSA) is 89.7 Å².